The number of hydrogen-bond donors (Lipinski definition) is 2. The normalized spacial score (nSPS) is 10.2. The molecule has 0 fully saturated rings. The first-order chi connectivity index (χ1) is 9.54. The zero-order valence-corrected chi connectivity index (χ0v) is 12.0. The zero-order valence-electron chi connectivity index (χ0n) is 10.4. The van der Waals surface area contributed by atoms with Crippen molar-refractivity contribution in [1.82, 2.24) is 4.98 Å². The molecule has 5 nitrogen and oxygen atoms in total. The predicted molar refractivity (Wildman–Crippen MR) is 79.0 cm³/mol. The maximum Gasteiger partial charge on any atom is 0.257 e. The molecule has 0 saturated carbocycles. The van der Waals surface area contributed by atoms with E-state index in [0.29, 0.717) is 22.1 Å². The second-order valence-corrected chi connectivity index (χ2v) is 5.37. The van der Waals surface area contributed by atoms with E-state index in [1.54, 1.807) is 29.6 Å². The Morgan fingerprint density at radius 3 is 2.65 bits per heavy atom. The van der Waals surface area contributed by atoms with E-state index >= 15 is 0 Å². The van der Waals surface area contributed by atoms with Crippen molar-refractivity contribution < 1.29 is 9.59 Å². The summed E-state index contributed by atoms with van der Waals surface area (Å²) in [5.41, 5.74) is 6.31. The Hall–Kier alpha value is -1.92. The van der Waals surface area contributed by atoms with Gasteiger partial charge in [-0.1, -0.05) is 11.6 Å². The number of nitrogens with zero attached hydrogens (tertiary/aromatic N) is 1. The standard InChI is InChI=1S/C13H12ClN3O2S/c14-9-3-1-8(2-4-9)12(19)17-13-16-10(7-20-13)5-6-11(15)18/h1-4,7H,5-6H2,(H2,15,18)(H,16,17,19). The van der Waals surface area contributed by atoms with Gasteiger partial charge in [-0.25, -0.2) is 4.98 Å². The number of hydrogen-bond acceptors (Lipinski definition) is 4. The highest BCUT2D eigenvalue weighted by Crippen LogP contribution is 2.18. The van der Waals surface area contributed by atoms with Crippen molar-refractivity contribution in [2.45, 2.75) is 12.8 Å². The molecule has 7 heteroatoms. The van der Waals surface area contributed by atoms with Crippen LogP contribution in [0.5, 0.6) is 0 Å². The smallest absolute Gasteiger partial charge is 0.257 e. The highest BCUT2D eigenvalue weighted by molar-refractivity contribution is 7.14. The lowest BCUT2D eigenvalue weighted by Gasteiger charge is -2.01. The van der Waals surface area contributed by atoms with Gasteiger partial charge in [0.05, 0.1) is 5.69 Å². The van der Waals surface area contributed by atoms with Gasteiger partial charge in [-0.2, -0.15) is 0 Å². The van der Waals surface area contributed by atoms with Crippen LogP contribution in [-0.2, 0) is 11.2 Å². The second kappa shape index (κ2) is 6.49. The molecule has 0 saturated heterocycles. The van der Waals surface area contributed by atoms with Crippen molar-refractivity contribution in [2.24, 2.45) is 5.73 Å². The topological polar surface area (TPSA) is 85.1 Å². The summed E-state index contributed by atoms with van der Waals surface area (Å²) in [5.74, 6) is -0.623. The highest BCUT2D eigenvalue weighted by atomic mass is 35.5. The number of carbonyl (C=O) groups excluding carboxylic acids is 2. The summed E-state index contributed by atoms with van der Waals surface area (Å²) in [6.07, 6.45) is 0.719. The third kappa shape index (κ3) is 4.04. The van der Waals surface area contributed by atoms with Gasteiger partial charge in [0.25, 0.3) is 5.91 Å². The molecule has 0 atom stereocenters. The predicted octanol–water partition coefficient (Wildman–Crippen LogP) is 2.47. The Labute approximate surface area is 124 Å². The van der Waals surface area contributed by atoms with E-state index in [-0.39, 0.29) is 18.2 Å². The van der Waals surface area contributed by atoms with Crippen LogP contribution in [-0.4, -0.2) is 16.8 Å². The number of thiazole rings is 1. The summed E-state index contributed by atoms with van der Waals surface area (Å²) >= 11 is 7.07. The molecular formula is C13H12ClN3O2S. The van der Waals surface area contributed by atoms with Gasteiger partial charge in [-0.3, -0.25) is 14.9 Å². The Balaban J connectivity index is 1.97. The molecule has 2 rings (SSSR count). The third-order valence-corrected chi connectivity index (χ3v) is 3.56. The van der Waals surface area contributed by atoms with Crippen LogP contribution in [0, 0.1) is 0 Å². The van der Waals surface area contributed by atoms with Crippen LogP contribution in [0.15, 0.2) is 29.6 Å². The maximum atomic E-state index is 11.9. The number of nitrogens with two attached hydrogens (primary N) is 1. The fourth-order valence-corrected chi connectivity index (χ4v) is 2.37. The molecule has 3 N–H and O–H groups in total. The van der Waals surface area contributed by atoms with Gasteiger partial charge in [0.15, 0.2) is 5.13 Å². The summed E-state index contributed by atoms with van der Waals surface area (Å²) in [6, 6.07) is 6.58. The molecule has 1 aromatic carbocycles. The second-order valence-electron chi connectivity index (χ2n) is 4.07. The van der Waals surface area contributed by atoms with E-state index in [2.05, 4.69) is 10.3 Å². The number of aryl methyl sites for hydroxylation is 1. The fourth-order valence-electron chi connectivity index (χ4n) is 1.50. The number of primary amides is 1. The zero-order chi connectivity index (χ0) is 14.5. The molecule has 104 valence electrons. The van der Waals surface area contributed by atoms with Gasteiger partial charge in [0, 0.05) is 22.4 Å². The molecule has 0 unspecified atom stereocenters. The Kier molecular flexibility index (Phi) is 4.70. The monoisotopic (exact) mass is 309 g/mol. The van der Waals surface area contributed by atoms with Crippen molar-refractivity contribution in [3.8, 4) is 0 Å². The van der Waals surface area contributed by atoms with Crippen LogP contribution in [0.4, 0.5) is 5.13 Å². The minimum atomic E-state index is -0.371. The fraction of sp³-hybridized carbons (Fsp3) is 0.154. The summed E-state index contributed by atoms with van der Waals surface area (Å²) in [5, 5.41) is 5.55. The molecule has 0 spiro atoms. The lowest BCUT2D eigenvalue weighted by molar-refractivity contribution is -0.118. The number of halogens is 1. The van der Waals surface area contributed by atoms with Crippen LogP contribution < -0.4 is 11.1 Å². The van der Waals surface area contributed by atoms with Gasteiger partial charge in [0.2, 0.25) is 5.91 Å². The lowest BCUT2D eigenvalue weighted by atomic mass is 10.2. The van der Waals surface area contributed by atoms with Gasteiger partial charge in [0.1, 0.15) is 0 Å². The van der Waals surface area contributed by atoms with Gasteiger partial charge >= 0.3 is 0 Å². The molecule has 0 bridgehead atoms. The van der Waals surface area contributed by atoms with E-state index in [1.807, 2.05) is 0 Å². The first kappa shape index (κ1) is 14.5. The van der Waals surface area contributed by atoms with Crippen molar-refractivity contribution in [3.63, 3.8) is 0 Å². The molecule has 1 heterocycles. The number of rotatable bonds is 5. The summed E-state index contributed by atoms with van der Waals surface area (Å²) in [6.45, 7) is 0. The Morgan fingerprint density at radius 2 is 2.00 bits per heavy atom. The van der Waals surface area contributed by atoms with Crippen molar-refractivity contribution in [2.75, 3.05) is 5.32 Å². The molecule has 2 aromatic rings. The van der Waals surface area contributed by atoms with Crippen molar-refractivity contribution >= 4 is 39.9 Å². The van der Waals surface area contributed by atoms with Crippen LogP contribution in [0.3, 0.4) is 0 Å². The molecule has 0 aliphatic rings. The number of anilines is 1. The van der Waals surface area contributed by atoms with Crippen molar-refractivity contribution in [1.29, 1.82) is 0 Å². The Bertz CT molecular complexity index is 625. The SMILES string of the molecule is NC(=O)CCc1csc(NC(=O)c2ccc(Cl)cc2)n1. The summed E-state index contributed by atoms with van der Waals surface area (Å²) in [4.78, 5) is 26.8. The summed E-state index contributed by atoms with van der Waals surface area (Å²) < 4.78 is 0. The third-order valence-electron chi connectivity index (χ3n) is 2.51. The maximum absolute atomic E-state index is 11.9. The van der Waals surface area contributed by atoms with Gasteiger partial charge in [-0.15, -0.1) is 11.3 Å². The number of amides is 2. The quantitative estimate of drug-likeness (QED) is 0.889. The van der Waals surface area contributed by atoms with Crippen LogP contribution >= 0.6 is 22.9 Å². The van der Waals surface area contributed by atoms with Crippen LogP contribution in [0.1, 0.15) is 22.5 Å². The van der Waals surface area contributed by atoms with Gasteiger partial charge in [-0.05, 0) is 30.7 Å². The lowest BCUT2D eigenvalue weighted by Crippen LogP contribution is -2.12. The number of nitrogens with one attached hydrogen (secondary N) is 1. The van der Waals surface area contributed by atoms with E-state index < -0.39 is 0 Å². The van der Waals surface area contributed by atoms with Crippen molar-refractivity contribution in [3.05, 3.63) is 45.9 Å². The Morgan fingerprint density at radius 1 is 1.30 bits per heavy atom. The first-order valence-corrected chi connectivity index (χ1v) is 7.10. The number of benzene rings is 1. The molecule has 0 radical (unpaired) electrons. The van der Waals surface area contributed by atoms with Crippen LogP contribution in [0.25, 0.3) is 0 Å². The molecule has 0 aliphatic carbocycles. The number of carbonyl (C=O) groups is 2. The molecule has 20 heavy (non-hydrogen) atoms. The summed E-state index contributed by atoms with van der Waals surface area (Å²) in [7, 11) is 0. The van der Waals surface area contributed by atoms with E-state index in [4.69, 9.17) is 17.3 Å². The number of aromatic nitrogens is 1. The van der Waals surface area contributed by atoms with E-state index in [0.717, 1.165) is 5.69 Å². The van der Waals surface area contributed by atoms with Gasteiger partial charge < -0.3 is 5.73 Å². The molecule has 2 amide bonds. The van der Waals surface area contributed by atoms with Crippen LogP contribution in [0.2, 0.25) is 5.02 Å². The molecule has 1 aromatic heterocycles. The average Bonchev–Trinajstić information content (AvgIpc) is 2.84. The van der Waals surface area contributed by atoms with E-state index in [9.17, 15) is 9.59 Å². The minimum Gasteiger partial charge on any atom is -0.370 e. The highest BCUT2D eigenvalue weighted by Gasteiger charge is 2.09. The molecular weight excluding hydrogens is 298 g/mol. The largest absolute Gasteiger partial charge is 0.370 e. The average molecular weight is 310 g/mol. The minimum absolute atomic E-state index is 0.244. The molecule has 0 aliphatic heterocycles. The van der Waals surface area contributed by atoms with E-state index in [1.165, 1.54) is 11.3 Å². The first-order valence-electron chi connectivity index (χ1n) is 5.84.